The normalized spacial score (nSPS) is 21.4. The Bertz CT molecular complexity index is 783. The van der Waals surface area contributed by atoms with Gasteiger partial charge in [0.2, 0.25) is 5.89 Å². The molecule has 2 heterocycles. The van der Waals surface area contributed by atoms with E-state index in [-0.39, 0.29) is 24.0 Å². The molecule has 28 heavy (non-hydrogen) atoms. The summed E-state index contributed by atoms with van der Waals surface area (Å²) in [5.74, 6) is 1.96. The van der Waals surface area contributed by atoms with Crippen molar-refractivity contribution >= 4 is 6.03 Å². The van der Waals surface area contributed by atoms with E-state index in [9.17, 15) is 4.79 Å². The predicted octanol–water partition coefficient (Wildman–Crippen LogP) is 4.97. The van der Waals surface area contributed by atoms with Crippen molar-refractivity contribution in [1.29, 1.82) is 0 Å². The number of carbonyl (C=O) groups is 1. The fraction of sp³-hybridized carbons (Fsp3) is 0.591. The standard InChI is InChI=1S/C22H30N4O2/c1-15(2)21-24-20(25-28-21)18-13-8-14-26(18)22(27)23-19(17-11-6-7-12-17)16-9-4-3-5-10-16/h3-5,9-10,15,17-19H,6-8,11-14H2,1-2H3,(H,23,27). The van der Waals surface area contributed by atoms with Gasteiger partial charge in [-0.3, -0.25) is 0 Å². The van der Waals surface area contributed by atoms with E-state index in [0.29, 0.717) is 17.6 Å². The Morgan fingerprint density at radius 3 is 2.57 bits per heavy atom. The molecule has 0 bridgehead atoms. The molecule has 0 radical (unpaired) electrons. The van der Waals surface area contributed by atoms with Crippen LogP contribution >= 0.6 is 0 Å². The lowest BCUT2D eigenvalue weighted by Crippen LogP contribution is -2.43. The number of carbonyl (C=O) groups excluding carboxylic acids is 1. The van der Waals surface area contributed by atoms with Gasteiger partial charge in [-0.1, -0.05) is 62.2 Å². The minimum absolute atomic E-state index is 0.0147. The number of amides is 2. The van der Waals surface area contributed by atoms with Crippen LogP contribution in [0, 0.1) is 5.92 Å². The quantitative estimate of drug-likeness (QED) is 0.792. The molecular weight excluding hydrogens is 352 g/mol. The van der Waals surface area contributed by atoms with Crippen molar-refractivity contribution in [3.8, 4) is 0 Å². The van der Waals surface area contributed by atoms with Gasteiger partial charge in [0.05, 0.1) is 12.1 Å². The smallest absolute Gasteiger partial charge is 0.318 e. The van der Waals surface area contributed by atoms with Crippen molar-refractivity contribution in [2.45, 2.75) is 70.4 Å². The van der Waals surface area contributed by atoms with Gasteiger partial charge in [-0.2, -0.15) is 4.98 Å². The topological polar surface area (TPSA) is 71.3 Å². The zero-order chi connectivity index (χ0) is 19.5. The van der Waals surface area contributed by atoms with Gasteiger partial charge in [-0.25, -0.2) is 4.79 Å². The molecule has 2 amide bonds. The summed E-state index contributed by atoms with van der Waals surface area (Å²) in [5.41, 5.74) is 1.19. The Kier molecular flexibility index (Phi) is 5.64. The van der Waals surface area contributed by atoms with Crippen LogP contribution in [0.1, 0.15) is 87.7 Å². The third-order valence-corrected chi connectivity index (χ3v) is 6.07. The fourth-order valence-electron chi connectivity index (χ4n) is 4.54. The van der Waals surface area contributed by atoms with Crippen LogP contribution < -0.4 is 5.32 Å². The van der Waals surface area contributed by atoms with Crippen LogP contribution in [0.15, 0.2) is 34.9 Å². The SMILES string of the molecule is CC(C)c1nc(C2CCCN2C(=O)NC(c2ccccc2)C2CCCC2)no1. The monoisotopic (exact) mass is 382 g/mol. The number of nitrogens with zero attached hydrogens (tertiary/aromatic N) is 3. The number of nitrogens with one attached hydrogen (secondary N) is 1. The zero-order valence-electron chi connectivity index (χ0n) is 16.8. The minimum Gasteiger partial charge on any atom is -0.339 e. The van der Waals surface area contributed by atoms with Gasteiger partial charge in [0, 0.05) is 12.5 Å². The molecule has 2 aliphatic rings. The molecule has 4 rings (SSSR count). The molecule has 1 aromatic heterocycles. The fourth-order valence-corrected chi connectivity index (χ4v) is 4.54. The molecule has 1 N–H and O–H groups in total. The van der Waals surface area contributed by atoms with Crippen LogP contribution in [0.4, 0.5) is 4.79 Å². The first kappa shape index (κ1) is 19.0. The van der Waals surface area contributed by atoms with E-state index < -0.39 is 0 Å². The van der Waals surface area contributed by atoms with Crippen molar-refractivity contribution < 1.29 is 9.32 Å². The Labute approximate surface area is 166 Å². The molecule has 1 aliphatic carbocycles. The van der Waals surface area contributed by atoms with E-state index in [0.717, 1.165) is 19.4 Å². The third kappa shape index (κ3) is 3.91. The van der Waals surface area contributed by atoms with Gasteiger partial charge >= 0.3 is 6.03 Å². The predicted molar refractivity (Wildman–Crippen MR) is 107 cm³/mol. The summed E-state index contributed by atoms with van der Waals surface area (Å²) < 4.78 is 5.38. The van der Waals surface area contributed by atoms with Gasteiger partial charge < -0.3 is 14.7 Å². The number of urea groups is 1. The van der Waals surface area contributed by atoms with E-state index in [4.69, 9.17) is 4.52 Å². The number of rotatable bonds is 5. The highest BCUT2D eigenvalue weighted by atomic mass is 16.5. The molecule has 1 saturated carbocycles. The number of benzene rings is 1. The van der Waals surface area contributed by atoms with Crippen LogP contribution in [-0.2, 0) is 0 Å². The lowest BCUT2D eigenvalue weighted by molar-refractivity contribution is 0.181. The summed E-state index contributed by atoms with van der Waals surface area (Å²) in [4.78, 5) is 19.7. The Morgan fingerprint density at radius 2 is 1.89 bits per heavy atom. The lowest BCUT2D eigenvalue weighted by atomic mass is 9.92. The minimum atomic E-state index is -0.101. The third-order valence-electron chi connectivity index (χ3n) is 6.07. The van der Waals surface area contributed by atoms with Gasteiger partial charge in [-0.05, 0) is 37.2 Å². The molecule has 1 aromatic carbocycles. The Hall–Kier alpha value is -2.37. The second kappa shape index (κ2) is 8.33. The van der Waals surface area contributed by atoms with Crippen LogP contribution in [0.3, 0.4) is 0 Å². The summed E-state index contributed by atoms with van der Waals surface area (Å²) >= 11 is 0. The van der Waals surface area contributed by atoms with Crippen LogP contribution in [0.5, 0.6) is 0 Å². The highest BCUT2D eigenvalue weighted by Gasteiger charge is 2.36. The molecule has 150 valence electrons. The van der Waals surface area contributed by atoms with Crippen molar-refractivity contribution in [2.24, 2.45) is 5.92 Å². The lowest BCUT2D eigenvalue weighted by Gasteiger charge is -2.30. The van der Waals surface area contributed by atoms with E-state index in [1.807, 2.05) is 24.8 Å². The van der Waals surface area contributed by atoms with E-state index in [1.54, 1.807) is 0 Å². The van der Waals surface area contributed by atoms with Crippen LogP contribution in [0.25, 0.3) is 0 Å². The van der Waals surface area contributed by atoms with Crippen molar-refractivity contribution in [3.63, 3.8) is 0 Å². The van der Waals surface area contributed by atoms with Crippen LogP contribution in [0.2, 0.25) is 0 Å². The Balaban J connectivity index is 1.51. The molecule has 2 fully saturated rings. The largest absolute Gasteiger partial charge is 0.339 e. The maximum atomic E-state index is 13.2. The average molecular weight is 383 g/mol. The highest BCUT2D eigenvalue weighted by molar-refractivity contribution is 5.75. The van der Waals surface area contributed by atoms with E-state index in [1.165, 1.54) is 31.2 Å². The van der Waals surface area contributed by atoms with Gasteiger partial charge in [0.1, 0.15) is 0 Å². The molecule has 1 aliphatic heterocycles. The summed E-state index contributed by atoms with van der Waals surface area (Å²) in [6.07, 6.45) is 6.68. The molecule has 6 heteroatoms. The van der Waals surface area contributed by atoms with Crippen molar-refractivity contribution in [2.75, 3.05) is 6.54 Å². The van der Waals surface area contributed by atoms with E-state index >= 15 is 0 Å². The summed E-state index contributed by atoms with van der Waals surface area (Å²) in [5, 5.41) is 7.51. The van der Waals surface area contributed by atoms with Crippen molar-refractivity contribution in [3.05, 3.63) is 47.6 Å². The maximum absolute atomic E-state index is 13.2. The zero-order valence-corrected chi connectivity index (χ0v) is 16.8. The van der Waals surface area contributed by atoms with Gasteiger partial charge in [0.25, 0.3) is 0 Å². The Morgan fingerprint density at radius 1 is 1.14 bits per heavy atom. The highest BCUT2D eigenvalue weighted by Crippen LogP contribution is 2.37. The number of likely N-dealkylation sites (tertiary alicyclic amines) is 1. The first-order valence-corrected chi connectivity index (χ1v) is 10.6. The average Bonchev–Trinajstić information content (AvgIpc) is 3.47. The number of hydrogen-bond donors (Lipinski definition) is 1. The second-order valence-corrected chi connectivity index (χ2v) is 8.38. The molecule has 2 aromatic rings. The number of aromatic nitrogens is 2. The van der Waals surface area contributed by atoms with E-state index in [2.05, 4.69) is 39.7 Å². The molecule has 6 nitrogen and oxygen atoms in total. The molecule has 2 unspecified atom stereocenters. The summed E-state index contributed by atoms with van der Waals surface area (Å²) in [7, 11) is 0. The summed E-state index contributed by atoms with van der Waals surface area (Å²) in [6, 6.07) is 10.3. The van der Waals surface area contributed by atoms with Gasteiger partial charge in [0.15, 0.2) is 5.82 Å². The summed E-state index contributed by atoms with van der Waals surface area (Å²) in [6.45, 7) is 4.79. The number of hydrogen-bond acceptors (Lipinski definition) is 4. The molecule has 1 saturated heterocycles. The van der Waals surface area contributed by atoms with Gasteiger partial charge in [-0.15, -0.1) is 0 Å². The first-order chi connectivity index (χ1) is 13.6. The second-order valence-electron chi connectivity index (χ2n) is 8.38. The maximum Gasteiger partial charge on any atom is 0.318 e. The molecule has 0 spiro atoms. The molecular formula is C22H30N4O2. The van der Waals surface area contributed by atoms with Crippen molar-refractivity contribution in [1.82, 2.24) is 20.4 Å². The first-order valence-electron chi connectivity index (χ1n) is 10.6. The van der Waals surface area contributed by atoms with Crippen LogP contribution in [-0.4, -0.2) is 27.6 Å². The molecule has 2 atom stereocenters.